The standard InChI is InChI=1S/C19H19N5O/c1-25-17-10-6-5-9-15(17)18-16(11-20)19(23-13-24(18)21)22-12-14-7-3-2-4-8-14/h2-10,13,18,22H,12,21H2,1H3. The van der Waals surface area contributed by atoms with Gasteiger partial charge < -0.3 is 10.1 Å². The second-order valence-corrected chi connectivity index (χ2v) is 5.55. The molecule has 2 aromatic carbocycles. The molecule has 0 saturated heterocycles. The fourth-order valence-corrected chi connectivity index (χ4v) is 2.78. The molecule has 2 aromatic rings. The molecule has 1 atom stereocenters. The van der Waals surface area contributed by atoms with Gasteiger partial charge >= 0.3 is 0 Å². The lowest BCUT2D eigenvalue weighted by molar-refractivity contribution is 0.349. The highest BCUT2D eigenvalue weighted by Gasteiger charge is 2.29. The Morgan fingerprint density at radius 3 is 2.64 bits per heavy atom. The van der Waals surface area contributed by atoms with Crippen LogP contribution in [0.5, 0.6) is 5.75 Å². The minimum absolute atomic E-state index is 0.449. The molecule has 0 radical (unpaired) electrons. The number of nitriles is 1. The third-order valence-electron chi connectivity index (χ3n) is 4.00. The molecule has 1 unspecified atom stereocenters. The minimum Gasteiger partial charge on any atom is -0.496 e. The van der Waals surface area contributed by atoms with Crippen molar-refractivity contribution in [3.8, 4) is 11.8 Å². The van der Waals surface area contributed by atoms with Crippen molar-refractivity contribution in [3.63, 3.8) is 0 Å². The van der Waals surface area contributed by atoms with Crippen LogP contribution in [0, 0.1) is 11.3 Å². The summed E-state index contributed by atoms with van der Waals surface area (Å²) in [4.78, 5) is 4.29. The second kappa shape index (κ2) is 7.51. The zero-order valence-electron chi connectivity index (χ0n) is 13.9. The van der Waals surface area contributed by atoms with Crippen molar-refractivity contribution in [1.29, 1.82) is 5.26 Å². The summed E-state index contributed by atoms with van der Waals surface area (Å²) in [6, 6.07) is 19.2. The van der Waals surface area contributed by atoms with E-state index < -0.39 is 6.04 Å². The van der Waals surface area contributed by atoms with Gasteiger partial charge in [-0.1, -0.05) is 48.5 Å². The predicted molar refractivity (Wildman–Crippen MR) is 96.2 cm³/mol. The molecule has 6 nitrogen and oxygen atoms in total. The van der Waals surface area contributed by atoms with E-state index in [9.17, 15) is 5.26 Å². The number of hydrogen-bond acceptors (Lipinski definition) is 6. The van der Waals surface area contributed by atoms with Crippen molar-refractivity contribution >= 4 is 6.34 Å². The molecular formula is C19H19N5O. The molecule has 3 rings (SSSR count). The van der Waals surface area contributed by atoms with Gasteiger partial charge in [0, 0.05) is 12.1 Å². The van der Waals surface area contributed by atoms with Crippen LogP contribution in [-0.2, 0) is 6.54 Å². The van der Waals surface area contributed by atoms with Gasteiger partial charge in [0.2, 0.25) is 0 Å². The van der Waals surface area contributed by atoms with Crippen LogP contribution in [0.4, 0.5) is 0 Å². The number of nitrogens with two attached hydrogens (primary N) is 1. The van der Waals surface area contributed by atoms with Gasteiger partial charge in [-0.3, -0.25) is 5.01 Å². The molecule has 0 saturated carbocycles. The number of ether oxygens (including phenoxy) is 1. The van der Waals surface area contributed by atoms with Gasteiger partial charge in [0.05, 0.1) is 7.11 Å². The largest absolute Gasteiger partial charge is 0.496 e. The zero-order valence-corrected chi connectivity index (χ0v) is 13.9. The van der Waals surface area contributed by atoms with Crippen LogP contribution < -0.4 is 15.9 Å². The molecule has 3 N–H and O–H groups in total. The minimum atomic E-state index is -0.461. The van der Waals surface area contributed by atoms with E-state index in [-0.39, 0.29) is 0 Å². The van der Waals surface area contributed by atoms with Gasteiger partial charge in [-0.25, -0.2) is 10.8 Å². The number of hydrogen-bond donors (Lipinski definition) is 2. The highest BCUT2D eigenvalue weighted by atomic mass is 16.5. The number of para-hydroxylation sites is 1. The molecule has 25 heavy (non-hydrogen) atoms. The number of benzene rings is 2. The molecule has 0 aliphatic carbocycles. The Bertz CT molecular complexity index is 838. The maximum Gasteiger partial charge on any atom is 0.144 e. The van der Waals surface area contributed by atoms with Crippen molar-refractivity contribution in [2.24, 2.45) is 10.8 Å². The lowest BCUT2D eigenvalue weighted by Crippen LogP contribution is -2.39. The van der Waals surface area contributed by atoms with Gasteiger partial charge in [-0.15, -0.1) is 0 Å². The quantitative estimate of drug-likeness (QED) is 0.821. The van der Waals surface area contributed by atoms with E-state index in [2.05, 4.69) is 16.4 Å². The highest BCUT2D eigenvalue weighted by molar-refractivity contribution is 5.63. The molecule has 0 bridgehead atoms. The molecule has 1 heterocycles. The Kier molecular flexibility index (Phi) is 4.97. The van der Waals surface area contributed by atoms with Crippen molar-refractivity contribution in [2.75, 3.05) is 7.11 Å². The lowest BCUT2D eigenvalue weighted by atomic mass is 9.97. The van der Waals surface area contributed by atoms with E-state index in [4.69, 9.17) is 10.6 Å². The summed E-state index contributed by atoms with van der Waals surface area (Å²) in [7, 11) is 1.60. The van der Waals surface area contributed by atoms with Crippen molar-refractivity contribution in [3.05, 3.63) is 77.1 Å². The first-order valence-electron chi connectivity index (χ1n) is 7.86. The van der Waals surface area contributed by atoms with Gasteiger partial charge in [0.1, 0.15) is 35.6 Å². The molecular weight excluding hydrogens is 314 g/mol. The summed E-state index contributed by atoms with van der Waals surface area (Å²) in [6.07, 6.45) is 1.52. The Balaban J connectivity index is 1.93. The Morgan fingerprint density at radius 1 is 1.20 bits per heavy atom. The van der Waals surface area contributed by atoms with E-state index in [1.54, 1.807) is 7.11 Å². The number of hydrazine groups is 1. The van der Waals surface area contributed by atoms with Crippen molar-refractivity contribution in [1.82, 2.24) is 10.3 Å². The summed E-state index contributed by atoms with van der Waals surface area (Å²) in [6.45, 7) is 0.571. The third kappa shape index (κ3) is 3.47. The topological polar surface area (TPSA) is 86.7 Å². The van der Waals surface area contributed by atoms with E-state index in [0.717, 1.165) is 11.1 Å². The Labute approximate surface area is 146 Å². The molecule has 126 valence electrons. The van der Waals surface area contributed by atoms with Crippen LogP contribution in [-0.4, -0.2) is 18.5 Å². The van der Waals surface area contributed by atoms with Gasteiger partial charge in [-0.05, 0) is 11.6 Å². The Morgan fingerprint density at radius 2 is 1.92 bits per heavy atom. The van der Waals surface area contributed by atoms with Crippen molar-refractivity contribution in [2.45, 2.75) is 12.6 Å². The molecule has 6 heteroatoms. The smallest absolute Gasteiger partial charge is 0.144 e. The maximum atomic E-state index is 9.73. The zero-order chi connectivity index (χ0) is 17.6. The first kappa shape index (κ1) is 16.6. The lowest BCUT2D eigenvalue weighted by Gasteiger charge is -2.30. The summed E-state index contributed by atoms with van der Waals surface area (Å²) >= 11 is 0. The van der Waals surface area contributed by atoms with Gasteiger partial charge in [0.15, 0.2) is 0 Å². The summed E-state index contributed by atoms with van der Waals surface area (Å²) in [5, 5.41) is 14.4. The third-order valence-corrected chi connectivity index (χ3v) is 4.00. The molecule has 1 aliphatic rings. The molecule has 0 aromatic heterocycles. The first-order valence-corrected chi connectivity index (χ1v) is 7.86. The number of nitrogens with zero attached hydrogens (tertiary/aromatic N) is 3. The van der Waals surface area contributed by atoms with E-state index in [1.807, 2.05) is 54.6 Å². The second-order valence-electron chi connectivity index (χ2n) is 5.55. The average Bonchev–Trinajstić information content (AvgIpc) is 2.67. The molecule has 0 amide bonds. The first-order chi connectivity index (χ1) is 12.2. The SMILES string of the molecule is COc1ccccc1C1C(C#N)=C(NCc2ccccc2)N=CN1N. The van der Waals surface area contributed by atoms with E-state index >= 15 is 0 Å². The summed E-state index contributed by atoms with van der Waals surface area (Å²) in [5.41, 5.74) is 2.37. The van der Waals surface area contributed by atoms with Crippen molar-refractivity contribution < 1.29 is 4.74 Å². The molecule has 0 spiro atoms. The van der Waals surface area contributed by atoms with E-state index in [1.165, 1.54) is 11.3 Å². The van der Waals surface area contributed by atoms with Gasteiger partial charge in [0.25, 0.3) is 0 Å². The fourth-order valence-electron chi connectivity index (χ4n) is 2.78. The Hall–Kier alpha value is -3.30. The van der Waals surface area contributed by atoms with Crippen LogP contribution >= 0.6 is 0 Å². The maximum absolute atomic E-state index is 9.73. The number of nitrogens with one attached hydrogen (secondary N) is 1. The van der Waals surface area contributed by atoms with Crippen LogP contribution in [0.1, 0.15) is 17.2 Å². The number of methoxy groups -OCH3 is 1. The van der Waals surface area contributed by atoms with Crippen LogP contribution in [0.15, 0.2) is 71.0 Å². The molecule has 1 aliphatic heterocycles. The fraction of sp³-hybridized carbons (Fsp3) is 0.158. The normalized spacial score (nSPS) is 16.5. The average molecular weight is 333 g/mol. The van der Waals surface area contributed by atoms with Crippen LogP contribution in [0.2, 0.25) is 0 Å². The summed E-state index contributed by atoms with van der Waals surface area (Å²) < 4.78 is 5.43. The van der Waals surface area contributed by atoms with E-state index in [0.29, 0.717) is 23.7 Å². The number of aliphatic imine (C=N–C) groups is 1. The van der Waals surface area contributed by atoms with Crippen LogP contribution in [0.3, 0.4) is 0 Å². The highest BCUT2D eigenvalue weighted by Crippen LogP contribution is 2.35. The summed E-state index contributed by atoms with van der Waals surface area (Å²) in [5.74, 6) is 7.28. The monoisotopic (exact) mass is 333 g/mol. The van der Waals surface area contributed by atoms with Gasteiger partial charge in [-0.2, -0.15) is 5.26 Å². The molecule has 0 fully saturated rings. The predicted octanol–water partition coefficient (Wildman–Crippen LogP) is 2.48. The number of rotatable bonds is 5. The van der Waals surface area contributed by atoms with Crippen LogP contribution in [0.25, 0.3) is 0 Å².